The van der Waals surface area contributed by atoms with Crippen LogP contribution in [0, 0.1) is 6.92 Å². The third kappa shape index (κ3) is 2.75. The van der Waals surface area contributed by atoms with Gasteiger partial charge in [0.05, 0.1) is 6.61 Å². The first-order chi connectivity index (χ1) is 8.20. The van der Waals surface area contributed by atoms with Gasteiger partial charge in [-0.3, -0.25) is 4.98 Å². The largest absolute Gasteiger partial charge is 0.457 e. The molecule has 0 spiro atoms. The summed E-state index contributed by atoms with van der Waals surface area (Å²) in [7, 11) is 0. The summed E-state index contributed by atoms with van der Waals surface area (Å²) in [4.78, 5) is 3.93. The molecule has 0 bridgehead atoms. The first-order valence-corrected chi connectivity index (χ1v) is 5.56. The van der Waals surface area contributed by atoms with Gasteiger partial charge in [0.1, 0.15) is 11.5 Å². The van der Waals surface area contributed by atoms with Crippen LogP contribution in [0.25, 0.3) is 0 Å². The predicted molar refractivity (Wildman–Crippen MR) is 66.4 cm³/mol. The van der Waals surface area contributed by atoms with Crippen molar-refractivity contribution < 1.29 is 9.84 Å². The highest BCUT2D eigenvalue weighted by molar-refractivity contribution is 6.30. The van der Waals surface area contributed by atoms with Crippen LogP contribution in [-0.4, -0.2) is 10.1 Å². The van der Waals surface area contributed by atoms with Crippen LogP contribution < -0.4 is 4.74 Å². The fraction of sp³-hybridized carbons (Fsp3) is 0.154. The molecule has 1 aromatic carbocycles. The smallest absolute Gasteiger partial charge is 0.136 e. The number of rotatable bonds is 3. The van der Waals surface area contributed by atoms with E-state index in [1.54, 1.807) is 24.5 Å². The van der Waals surface area contributed by atoms with Crippen molar-refractivity contribution in [2.24, 2.45) is 0 Å². The van der Waals surface area contributed by atoms with Gasteiger partial charge in [-0.1, -0.05) is 17.7 Å². The summed E-state index contributed by atoms with van der Waals surface area (Å²) in [6, 6.07) is 7.16. The first-order valence-electron chi connectivity index (χ1n) is 5.18. The Morgan fingerprint density at radius 3 is 2.88 bits per heavy atom. The van der Waals surface area contributed by atoms with Gasteiger partial charge in [-0.2, -0.15) is 0 Å². The van der Waals surface area contributed by atoms with E-state index in [1.807, 2.05) is 19.1 Å². The summed E-state index contributed by atoms with van der Waals surface area (Å²) in [5.74, 6) is 1.27. The Labute approximate surface area is 105 Å². The molecule has 1 N–H and O–H groups in total. The Hall–Kier alpha value is -1.58. The minimum atomic E-state index is -0.108. The van der Waals surface area contributed by atoms with E-state index >= 15 is 0 Å². The van der Waals surface area contributed by atoms with Gasteiger partial charge in [0.2, 0.25) is 0 Å². The van der Waals surface area contributed by atoms with Gasteiger partial charge in [0.25, 0.3) is 0 Å². The van der Waals surface area contributed by atoms with Crippen molar-refractivity contribution in [2.75, 3.05) is 0 Å². The number of aliphatic hydroxyl groups is 1. The third-order valence-corrected chi connectivity index (χ3v) is 2.63. The molecule has 4 heteroatoms. The van der Waals surface area contributed by atoms with Gasteiger partial charge in [-0.15, -0.1) is 0 Å². The summed E-state index contributed by atoms with van der Waals surface area (Å²) in [5.41, 5.74) is 1.63. The van der Waals surface area contributed by atoms with E-state index in [4.69, 9.17) is 16.3 Å². The van der Waals surface area contributed by atoms with E-state index in [2.05, 4.69) is 4.98 Å². The van der Waals surface area contributed by atoms with Crippen LogP contribution in [-0.2, 0) is 6.61 Å². The summed E-state index contributed by atoms with van der Waals surface area (Å²) in [6.07, 6.45) is 3.20. The van der Waals surface area contributed by atoms with Crippen LogP contribution in [0.3, 0.4) is 0 Å². The topological polar surface area (TPSA) is 42.4 Å². The van der Waals surface area contributed by atoms with Crippen LogP contribution in [0.15, 0.2) is 36.7 Å². The molecule has 0 amide bonds. The van der Waals surface area contributed by atoms with Crippen LogP contribution in [0.2, 0.25) is 5.02 Å². The average Bonchev–Trinajstić information content (AvgIpc) is 2.34. The van der Waals surface area contributed by atoms with E-state index in [0.717, 1.165) is 5.56 Å². The van der Waals surface area contributed by atoms with E-state index in [-0.39, 0.29) is 6.61 Å². The number of hydrogen-bond donors (Lipinski definition) is 1. The number of aromatic nitrogens is 1. The van der Waals surface area contributed by atoms with Crippen molar-refractivity contribution in [1.82, 2.24) is 4.98 Å². The highest BCUT2D eigenvalue weighted by Crippen LogP contribution is 2.29. The normalized spacial score (nSPS) is 10.3. The number of benzene rings is 1. The molecule has 17 heavy (non-hydrogen) atoms. The molecule has 0 radical (unpaired) electrons. The van der Waals surface area contributed by atoms with Crippen LogP contribution in [0.5, 0.6) is 11.5 Å². The summed E-state index contributed by atoms with van der Waals surface area (Å²) in [5, 5.41) is 9.79. The Morgan fingerprint density at radius 2 is 2.12 bits per heavy atom. The third-order valence-electron chi connectivity index (χ3n) is 2.40. The van der Waals surface area contributed by atoms with Gasteiger partial charge in [0, 0.05) is 23.0 Å². The molecule has 0 aliphatic heterocycles. The number of hydrogen-bond acceptors (Lipinski definition) is 3. The van der Waals surface area contributed by atoms with E-state index in [9.17, 15) is 5.11 Å². The lowest BCUT2D eigenvalue weighted by atomic mass is 10.2. The molecule has 1 aromatic heterocycles. The highest BCUT2D eigenvalue weighted by Gasteiger charge is 2.06. The van der Waals surface area contributed by atoms with Gasteiger partial charge < -0.3 is 9.84 Å². The molecular formula is C13H12ClNO2. The first kappa shape index (κ1) is 11.9. The quantitative estimate of drug-likeness (QED) is 0.907. The molecule has 0 unspecified atom stereocenters. The number of nitrogens with zero attached hydrogens (tertiary/aromatic N) is 1. The second-order valence-corrected chi connectivity index (χ2v) is 4.09. The molecule has 1 heterocycles. The van der Waals surface area contributed by atoms with E-state index < -0.39 is 0 Å². The van der Waals surface area contributed by atoms with Crippen molar-refractivity contribution in [3.8, 4) is 11.5 Å². The molecule has 0 fully saturated rings. The molecule has 88 valence electrons. The number of aliphatic hydroxyl groups excluding tert-OH is 1. The zero-order valence-corrected chi connectivity index (χ0v) is 10.1. The number of aryl methyl sites for hydroxylation is 1. The van der Waals surface area contributed by atoms with Gasteiger partial charge in [0.15, 0.2) is 0 Å². The maximum absolute atomic E-state index is 9.17. The second-order valence-electron chi connectivity index (χ2n) is 3.65. The minimum Gasteiger partial charge on any atom is -0.457 e. The van der Waals surface area contributed by atoms with Crippen LogP contribution >= 0.6 is 11.6 Å². The van der Waals surface area contributed by atoms with Crippen molar-refractivity contribution in [3.63, 3.8) is 0 Å². The Morgan fingerprint density at radius 1 is 1.29 bits per heavy atom. The van der Waals surface area contributed by atoms with Gasteiger partial charge in [-0.25, -0.2) is 0 Å². The fourth-order valence-corrected chi connectivity index (χ4v) is 1.60. The lowest BCUT2D eigenvalue weighted by Gasteiger charge is -2.11. The molecule has 2 rings (SSSR count). The SMILES string of the molecule is Cc1ccc(Cl)cc1Oc1ccncc1CO. The molecular weight excluding hydrogens is 238 g/mol. The Bertz CT molecular complexity index is 529. The van der Waals surface area contributed by atoms with Crippen molar-refractivity contribution >= 4 is 11.6 Å². The molecule has 0 saturated heterocycles. The number of ether oxygens (including phenoxy) is 1. The zero-order chi connectivity index (χ0) is 12.3. The minimum absolute atomic E-state index is 0.108. The zero-order valence-electron chi connectivity index (χ0n) is 9.35. The fourth-order valence-electron chi connectivity index (χ4n) is 1.44. The molecule has 0 saturated carbocycles. The van der Waals surface area contributed by atoms with Gasteiger partial charge >= 0.3 is 0 Å². The molecule has 0 aliphatic carbocycles. The summed E-state index contributed by atoms with van der Waals surface area (Å²) in [6.45, 7) is 1.83. The predicted octanol–water partition coefficient (Wildman–Crippen LogP) is 3.33. The molecule has 3 nitrogen and oxygen atoms in total. The average molecular weight is 250 g/mol. The lowest BCUT2D eigenvalue weighted by Crippen LogP contribution is -1.94. The monoisotopic (exact) mass is 249 g/mol. The highest BCUT2D eigenvalue weighted by atomic mass is 35.5. The van der Waals surface area contributed by atoms with E-state index in [0.29, 0.717) is 22.1 Å². The molecule has 2 aromatic rings. The standard InChI is InChI=1S/C13H12ClNO2/c1-9-2-3-11(14)6-13(9)17-12-4-5-15-7-10(12)8-16/h2-7,16H,8H2,1H3. The van der Waals surface area contributed by atoms with Gasteiger partial charge in [-0.05, 0) is 30.7 Å². The van der Waals surface area contributed by atoms with Crippen molar-refractivity contribution in [2.45, 2.75) is 13.5 Å². The maximum Gasteiger partial charge on any atom is 0.136 e. The Balaban J connectivity index is 2.34. The number of pyridine rings is 1. The van der Waals surface area contributed by atoms with Crippen LogP contribution in [0.4, 0.5) is 0 Å². The second kappa shape index (κ2) is 5.17. The molecule has 0 aliphatic rings. The lowest BCUT2D eigenvalue weighted by molar-refractivity contribution is 0.276. The summed E-state index contributed by atoms with van der Waals surface area (Å²) < 4.78 is 5.73. The summed E-state index contributed by atoms with van der Waals surface area (Å²) >= 11 is 5.91. The number of halogens is 1. The Kier molecular flexibility index (Phi) is 3.61. The van der Waals surface area contributed by atoms with E-state index in [1.165, 1.54) is 0 Å². The maximum atomic E-state index is 9.17. The van der Waals surface area contributed by atoms with Crippen LogP contribution in [0.1, 0.15) is 11.1 Å². The van der Waals surface area contributed by atoms with Crippen molar-refractivity contribution in [1.29, 1.82) is 0 Å². The van der Waals surface area contributed by atoms with Crippen molar-refractivity contribution in [3.05, 3.63) is 52.8 Å². The molecule has 0 atom stereocenters.